The highest BCUT2D eigenvalue weighted by Crippen LogP contribution is 2.43. The zero-order valence-corrected chi connectivity index (χ0v) is 15.0. The first kappa shape index (κ1) is 17.5. The van der Waals surface area contributed by atoms with Crippen molar-refractivity contribution in [2.24, 2.45) is 0 Å². The molecule has 2 aromatic rings. The molecule has 0 radical (unpaired) electrons. The van der Waals surface area contributed by atoms with Crippen molar-refractivity contribution in [2.45, 2.75) is 24.7 Å². The van der Waals surface area contributed by atoms with E-state index in [1.807, 2.05) is 18.2 Å². The summed E-state index contributed by atoms with van der Waals surface area (Å²) in [4.78, 5) is 12.5. The molecule has 5 nitrogen and oxygen atoms in total. The van der Waals surface area contributed by atoms with Gasteiger partial charge in [0.2, 0.25) is 10.0 Å². The summed E-state index contributed by atoms with van der Waals surface area (Å²) >= 11 is 0. The Hall–Kier alpha value is -2.34. The van der Waals surface area contributed by atoms with Gasteiger partial charge in [0.05, 0.1) is 6.26 Å². The van der Waals surface area contributed by atoms with E-state index < -0.39 is 10.0 Å². The molecule has 1 aliphatic carbocycles. The van der Waals surface area contributed by atoms with Gasteiger partial charge in [0, 0.05) is 23.2 Å². The number of carbonyl (C=O) groups excluding carboxylic acids is 1. The average Bonchev–Trinajstić information content (AvgIpc) is 2.53. The van der Waals surface area contributed by atoms with Crippen LogP contribution < -0.4 is 10.0 Å². The topological polar surface area (TPSA) is 75.3 Å². The molecule has 2 N–H and O–H groups in total. The summed E-state index contributed by atoms with van der Waals surface area (Å²) in [5.74, 6) is -0.195. The summed E-state index contributed by atoms with van der Waals surface area (Å²) in [5, 5.41) is 3.01. The van der Waals surface area contributed by atoms with Gasteiger partial charge < -0.3 is 5.32 Å². The van der Waals surface area contributed by atoms with Crippen LogP contribution in [0, 0.1) is 0 Å². The van der Waals surface area contributed by atoms with Crippen LogP contribution in [0.15, 0.2) is 54.6 Å². The predicted molar refractivity (Wildman–Crippen MR) is 99.2 cm³/mol. The SMILES string of the molecule is CS(=O)(=O)Nc1cccc(C(=O)NCC2(c3ccccc3)CCC2)c1. The van der Waals surface area contributed by atoms with Crippen LogP contribution in [-0.4, -0.2) is 27.1 Å². The second-order valence-electron chi connectivity index (χ2n) is 6.64. The van der Waals surface area contributed by atoms with Gasteiger partial charge in [-0.1, -0.05) is 42.8 Å². The molecule has 0 heterocycles. The first-order valence-electron chi connectivity index (χ1n) is 8.30. The number of anilines is 1. The number of rotatable bonds is 6. The van der Waals surface area contributed by atoms with Crippen LogP contribution in [0.2, 0.25) is 0 Å². The Morgan fingerprint density at radius 3 is 2.40 bits per heavy atom. The van der Waals surface area contributed by atoms with E-state index in [1.54, 1.807) is 24.3 Å². The summed E-state index contributed by atoms with van der Waals surface area (Å²) in [5.41, 5.74) is 2.10. The number of hydrogen-bond acceptors (Lipinski definition) is 3. The molecule has 3 rings (SSSR count). The van der Waals surface area contributed by atoms with Gasteiger partial charge in [-0.15, -0.1) is 0 Å². The van der Waals surface area contributed by atoms with Gasteiger partial charge in [-0.25, -0.2) is 8.42 Å². The Morgan fingerprint density at radius 1 is 1.08 bits per heavy atom. The van der Waals surface area contributed by atoms with Gasteiger partial charge in [-0.05, 0) is 36.6 Å². The second kappa shape index (κ2) is 6.88. The van der Waals surface area contributed by atoms with Crippen molar-refractivity contribution in [3.05, 3.63) is 65.7 Å². The zero-order valence-electron chi connectivity index (χ0n) is 14.2. The van der Waals surface area contributed by atoms with Crippen molar-refractivity contribution >= 4 is 21.6 Å². The van der Waals surface area contributed by atoms with Gasteiger partial charge >= 0.3 is 0 Å². The van der Waals surface area contributed by atoms with Crippen LogP contribution >= 0.6 is 0 Å². The molecular weight excluding hydrogens is 336 g/mol. The van der Waals surface area contributed by atoms with Crippen molar-refractivity contribution in [1.29, 1.82) is 0 Å². The lowest BCUT2D eigenvalue weighted by Gasteiger charge is -2.42. The Balaban J connectivity index is 1.69. The van der Waals surface area contributed by atoms with E-state index >= 15 is 0 Å². The fourth-order valence-corrected chi connectivity index (χ4v) is 3.81. The molecule has 1 fully saturated rings. The van der Waals surface area contributed by atoms with E-state index in [-0.39, 0.29) is 11.3 Å². The highest BCUT2D eigenvalue weighted by atomic mass is 32.2. The molecule has 0 bridgehead atoms. The molecule has 2 aromatic carbocycles. The highest BCUT2D eigenvalue weighted by molar-refractivity contribution is 7.92. The summed E-state index contributed by atoms with van der Waals surface area (Å²) in [6.45, 7) is 0.583. The van der Waals surface area contributed by atoms with Gasteiger partial charge in [0.15, 0.2) is 0 Å². The first-order valence-corrected chi connectivity index (χ1v) is 10.2. The molecule has 0 aromatic heterocycles. The van der Waals surface area contributed by atoms with E-state index in [4.69, 9.17) is 0 Å². The Labute approximate surface area is 148 Å². The molecule has 0 unspecified atom stereocenters. The van der Waals surface area contributed by atoms with Gasteiger partial charge in [-0.3, -0.25) is 9.52 Å². The predicted octanol–water partition coefficient (Wildman–Crippen LogP) is 2.91. The van der Waals surface area contributed by atoms with Crippen LogP contribution in [0.3, 0.4) is 0 Å². The fraction of sp³-hybridized carbons (Fsp3) is 0.316. The monoisotopic (exact) mass is 358 g/mol. The van der Waals surface area contributed by atoms with Crippen molar-refractivity contribution < 1.29 is 13.2 Å². The smallest absolute Gasteiger partial charge is 0.251 e. The van der Waals surface area contributed by atoms with Crippen molar-refractivity contribution in [2.75, 3.05) is 17.5 Å². The van der Waals surface area contributed by atoms with Crippen LogP contribution in [0.4, 0.5) is 5.69 Å². The van der Waals surface area contributed by atoms with Gasteiger partial charge in [-0.2, -0.15) is 0 Å². The standard InChI is InChI=1S/C19H22N2O3S/c1-25(23,24)21-17-10-5-7-15(13-17)18(22)20-14-19(11-6-12-19)16-8-3-2-4-9-16/h2-5,7-10,13,21H,6,11-12,14H2,1H3,(H,20,22). The van der Waals surface area contributed by atoms with Crippen molar-refractivity contribution in [3.8, 4) is 0 Å². The average molecular weight is 358 g/mol. The molecule has 1 aliphatic rings. The number of sulfonamides is 1. The van der Waals surface area contributed by atoms with E-state index in [2.05, 4.69) is 22.2 Å². The van der Waals surface area contributed by atoms with Gasteiger partial charge in [0.25, 0.3) is 5.91 Å². The third-order valence-corrected chi connectivity index (χ3v) is 5.32. The summed E-state index contributed by atoms with van der Waals surface area (Å²) in [6, 6.07) is 16.8. The van der Waals surface area contributed by atoms with Crippen LogP contribution in [0.25, 0.3) is 0 Å². The van der Waals surface area contributed by atoms with Crippen LogP contribution in [-0.2, 0) is 15.4 Å². The fourth-order valence-electron chi connectivity index (χ4n) is 3.25. The third kappa shape index (κ3) is 4.20. The third-order valence-electron chi connectivity index (χ3n) is 4.71. The number of nitrogens with one attached hydrogen (secondary N) is 2. The Bertz CT molecular complexity index is 859. The highest BCUT2D eigenvalue weighted by Gasteiger charge is 2.38. The lowest BCUT2D eigenvalue weighted by atomic mass is 9.64. The van der Waals surface area contributed by atoms with E-state index in [0.29, 0.717) is 17.8 Å². The summed E-state index contributed by atoms with van der Waals surface area (Å²) < 4.78 is 25.1. The lowest BCUT2D eigenvalue weighted by Crippen LogP contribution is -2.45. The molecular formula is C19H22N2O3S. The minimum Gasteiger partial charge on any atom is -0.351 e. The maximum atomic E-state index is 12.5. The number of carbonyl (C=O) groups is 1. The molecule has 0 atom stereocenters. The normalized spacial score (nSPS) is 15.9. The second-order valence-corrected chi connectivity index (χ2v) is 8.39. The number of hydrogen-bond donors (Lipinski definition) is 2. The molecule has 1 amide bonds. The first-order chi connectivity index (χ1) is 11.9. The molecule has 0 saturated heterocycles. The molecule has 0 aliphatic heterocycles. The zero-order chi connectivity index (χ0) is 17.9. The van der Waals surface area contributed by atoms with Crippen LogP contribution in [0.1, 0.15) is 35.2 Å². The molecule has 0 spiro atoms. The Kier molecular flexibility index (Phi) is 4.81. The van der Waals surface area contributed by atoms with E-state index in [0.717, 1.165) is 19.1 Å². The van der Waals surface area contributed by atoms with Crippen LogP contribution in [0.5, 0.6) is 0 Å². The van der Waals surface area contributed by atoms with E-state index in [1.165, 1.54) is 12.0 Å². The van der Waals surface area contributed by atoms with Crippen molar-refractivity contribution in [3.63, 3.8) is 0 Å². The minimum absolute atomic E-state index is 0.0134. The van der Waals surface area contributed by atoms with Gasteiger partial charge in [0.1, 0.15) is 0 Å². The lowest BCUT2D eigenvalue weighted by molar-refractivity contribution is 0.0928. The summed E-state index contributed by atoms with van der Waals surface area (Å²) in [6.07, 6.45) is 4.37. The van der Waals surface area contributed by atoms with E-state index in [9.17, 15) is 13.2 Å². The number of benzene rings is 2. The quantitative estimate of drug-likeness (QED) is 0.834. The summed E-state index contributed by atoms with van der Waals surface area (Å²) in [7, 11) is -3.37. The Morgan fingerprint density at radius 2 is 1.80 bits per heavy atom. The maximum absolute atomic E-state index is 12.5. The van der Waals surface area contributed by atoms with Crippen molar-refractivity contribution in [1.82, 2.24) is 5.32 Å². The molecule has 25 heavy (non-hydrogen) atoms. The molecule has 1 saturated carbocycles. The molecule has 6 heteroatoms. The number of amides is 1. The minimum atomic E-state index is -3.37. The largest absolute Gasteiger partial charge is 0.351 e. The molecule has 132 valence electrons. The maximum Gasteiger partial charge on any atom is 0.251 e.